The number of nitrogen functional groups attached to an aromatic ring is 1. The van der Waals surface area contributed by atoms with Crippen LogP contribution in [-0.4, -0.2) is 56.3 Å². The highest BCUT2D eigenvalue weighted by Gasteiger charge is 2.21. The normalized spacial score (nSPS) is 17.6. The Hall–Kier alpha value is -2.64. The van der Waals surface area contributed by atoms with Gasteiger partial charge in [-0.25, -0.2) is 4.98 Å². The van der Waals surface area contributed by atoms with Gasteiger partial charge in [-0.15, -0.1) is 0 Å². The molecule has 1 aromatic carbocycles. The predicted octanol–water partition coefficient (Wildman–Crippen LogP) is 1.94. The van der Waals surface area contributed by atoms with Crippen LogP contribution < -0.4 is 15.4 Å². The molecule has 1 aromatic heterocycles. The standard InChI is InChI=1S/C19H22N4O3.H2/c20-17-2-1-14(26-15-11-25-12-15)10-16(17)19(21)13-3-4-22-18(9-13)23-5-7-24-8-6-23;/h1-4,9-10,15,21H,5-8,11-12,20H2;1H. The summed E-state index contributed by atoms with van der Waals surface area (Å²) in [7, 11) is 0. The molecule has 2 saturated heterocycles. The summed E-state index contributed by atoms with van der Waals surface area (Å²) in [6.07, 6.45) is 1.81. The quantitative estimate of drug-likeness (QED) is 0.628. The highest BCUT2D eigenvalue weighted by atomic mass is 16.6. The molecule has 0 radical (unpaired) electrons. The second-order valence-electron chi connectivity index (χ2n) is 6.40. The number of pyridine rings is 1. The Labute approximate surface area is 153 Å². The van der Waals surface area contributed by atoms with Crippen LogP contribution >= 0.6 is 0 Å². The number of nitrogens with one attached hydrogen (secondary N) is 1. The second-order valence-corrected chi connectivity index (χ2v) is 6.40. The number of aromatic nitrogens is 1. The largest absolute Gasteiger partial charge is 0.486 e. The number of anilines is 2. The molecule has 26 heavy (non-hydrogen) atoms. The Morgan fingerprint density at radius 2 is 2.00 bits per heavy atom. The zero-order chi connectivity index (χ0) is 17.9. The molecule has 2 aliphatic rings. The Kier molecular flexibility index (Phi) is 4.73. The van der Waals surface area contributed by atoms with Crippen LogP contribution in [0.2, 0.25) is 0 Å². The van der Waals surface area contributed by atoms with Gasteiger partial charge in [0, 0.05) is 37.5 Å². The van der Waals surface area contributed by atoms with Gasteiger partial charge in [0.2, 0.25) is 0 Å². The van der Waals surface area contributed by atoms with Crippen molar-refractivity contribution >= 4 is 17.2 Å². The fraction of sp³-hybridized carbons (Fsp3) is 0.368. The van der Waals surface area contributed by atoms with E-state index in [0.717, 1.165) is 24.5 Å². The molecule has 0 bridgehead atoms. The molecule has 0 atom stereocenters. The smallest absolute Gasteiger partial charge is 0.145 e. The maximum atomic E-state index is 8.63. The Bertz CT molecular complexity index is 807. The summed E-state index contributed by atoms with van der Waals surface area (Å²) in [5.41, 5.74) is 8.46. The minimum absolute atomic E-state index is 0. The lowest BCUT2D eigenvalue weighted by atomic mass is 10.0. The number of hydrogen-bond donors (Lipinski definition) is 2. The molecule has 7 heteroatoms. The Morgan fingerprint density at radius 1 is 1.19 bits per heavy atom. The third-order valence-electron chi connectivity index (χ3n) is 4.57. The van der Waals surface area contributed by atoms with Crippen LogP contribution in [0, 0.1) is 5.41 Å². The number of morpholine rings is 1. The van der Waals surface area contributed by atoms with E-state index in [9.17, 15) is 0 Å². The molecule has 0 amide bonds. The van der Waals surface area contributed by atoms with Crippen LogP contribution in [0.5, 0.6) is 5.75 Å². The molecule has 0 saturated carbocycles. The summed E-state index contributed by atoms with van der Waals surface area (Å²) in [4.78, 5) is 6.61. The van der Waals surface area contributed by atoms with Gasteiger partial charge in [0.05, 0.1) is 32.1 Å². The number of benzene rings is 1. The van der Waals surface area contributed by atoms with Gasteiger partial charge in [0.1, 0.15) is 17.7 Å². The van der Waals surface area contributed by atoms with Gasteiger partial charge in [-0.05, 0) is 30.3 Å². The van der Waals surface area contributed by atoms with Gasteiger partial charge in [0.15, 0.2) is 0 Å². The molecule has 2 fully saturated rings. The maximum Gasteiger partial charge on any atom is 0.145 e. The molecule has 7 nitrogen and oxygen atoms in total. The lowest BCUT2D eigenvalue weighted by Gasteiger charge is -2.28. The van der Waals surface area contributed by atoms with Crippen LogP contribution in [0.25, 0.3) is 0 Å². The van der Waals surface area contributed by atoms with Crippen LogP contribution in [-0.2, 0) is 9.47 Å². The molecule has 0 aliphatic carbocycles. The molecule has 138 valence electrons. The van der Waals surface area contributed by atoms with Crippen molar-refractivity contribution in [2.75, 3.05) is 50.2 Å². The molecule has 0 unspecified atom stereocenters. The maximum absolute atomic E-state index is 8.63. The molecule has 3 N–H and O–H groups in total. The molecule has 3 heterocycles. The van der Waals surface area contributed by atoms with Gasteiger partial charge >= 0.3 is 0 Å². The van der Waals surface area contributed by atoms with Crippen LogP contribution in [0.15, 0.2) is 36.5 Å². The van der Waals surface area contributed by atoms with E-state index in [4.69, 9.17) is 25.4 Å². The molecular formula is C19H24N4O3. The highest BCUT2D eigenvalue weighted by molar-refractivity contribution is 6.14. The summed E-state index contributed by atoms with van der Waals surface area (Å²) < 4.78 is 16.4. The lowest BCUT2D eigenvalue weighted by molar-refractivity contribution is -0.0796. The Balaban J connectivity index is 0.00000210. The third kappa shape index (κ3) is 3.49. The van der Waals surface area contributed by atoms with E-state index in [1.54, 1.807) is 12.3 Å². The van der Waals surface area contributed by atoms with Crippen LogP contribution in [0.1, 0.15) is 12.6 Å². The molecule has 4 rings (SSSR count). The first kappa shape index (κ1) is 16.8. The lowest BCUT2D eigenvalue weighted by Crippen LogP contribution is -2.38. The summed E-state index contributed by atoms with van der Waals surface area (Å²) >= 11 is 0. The number of rotatable bonds is 5. The van der Waals surface area contributed by atoms with E-state index in [1.165, 1.54) is 0 Å². The van der Waals surface area contributed by atoms with Gasteiger partial charge < -0.3 is 24.8 Å². The topological polar surface area (TPSA) is 93.7 Å². The van der Waals surface area contributed by atoms with E-state index in [1.807, 2.05) is 24.3 Å². The van der Waals surface area contributed by atoms with Crippen molar-refractivity contribution in [3.8, 4) is 5.75 Å². The van der Waals surface area contributed by atoms with Crippen LogP contribution in [0.4, 0.5) is 11.5 Å². The van der Waals surface area contributed by atoms with E-state index in [-0.39, 0.29) is 7.53 Å². The second kappa shape index (κ2) is 7.31. The number of ether oxygens (including phenoxy) is 3. The fourth-order valence-corrected chi connectivity index (χ4v) is 2.99. The van der Waals surface area contributed by atoms with Gasteiger partial charge in [-0.3, -0.25) is 5.41 Å². The highest BCUT2D eigenvalue weighted by Crippen LogP contribution is 2.25. The van der Waals surface area contributed by atoms with Crippen molar-refractivity contribution in [3.05, 3.63) is 47.7 Å². The van der Waals surface area contributed by atoms with Crippen molar-refractivity contribution in [2.24, 2.45) is 0 Å². The molecule has 2 aliphatic heterocycles. The van der Waals surface area contributed by atoms with E-state index in [0.29, 0.717) is 49.1 Å². The zero-order valence-corrected chi connectivity index (χ0v) is 14.5. The van der Waals surface area contributed by atoms with Crippen molar-refractivity contribution in [1.29, 1.82) is 5.41 Å². The van der Waals surface area contributed by atoms with Crippen molar-refractivity contribution < 1.29 is 15.6 Å². The first-order valence-electron chi connectivity index (χ1n) is 8.72. The Morgan fingerprint density at radius 3 is 2.73 bits per heavy atom. The van der Waals surface area contributed by atoms with E-state index >= 15 is 0 Å². The zero-order valence-electron chi connectivity index (χ0n) is 14.5. The summed E-state index contributed by atoms with van der Waals surface area (Å²) in [5.74, 6) is 1.56. The van der Waals surface area contributed by atoms with Crippen LogP contribution in [0.3, 0.4) is 0 Å². The minimum Gasteiger partial charge on any atom is -0.486 e. The predicted molar refractivity (Wildman–Crippen MR) is 101 cm³/mol. The SMILES string of the molecule is N=C(c1ccnc(N2CCOCC2)c1)c1cc(OC2COC2)ccc1N.[HH]. The third-order valence-corrected chi connectivity index (χ3v) is 4.57. The van der Waals surface area contributed by atoms with Crippen molar-refractivity contribution in [3.63, 3.8) is 0 Å². The number of nitrogens with two attached hydrogens (primary N) is 1. The van der Waals surface area contributed by atoms with Gasteiger partial charge in [0.25, 0.3) is 0 Å². The minimum atomic E-state index is 0. The molecule has 0 spiro atoms. The van der Waals surface area contributed by atoms with Gasteiger partial charge in [-0.2, -0.15) is 0 Å². The summed E-state index contributed by atoms with van der Waals surface area (Å²) in [5, 5.41) is 8.63. The number of hydrogen-bond acceptors (Lipinski definition) is 7. The van der Waals surface area contributed by atoms with Gasteiger partial charge in [-0.1, -0.05) is 0 Å². The van der Waals surface area contributed by atoms with Crippen molar-refractivity contribution in [1.82, 2.24) is 4.98 Å². The monoisotopic (exact) mass is 356 g/mol. The van der Waals surface area contributed by atoms with E-state index < -0.39 is 0 Å². The summed E-state index contributed by atoms with van der Waals surface area (Å²) in [6, 6.07) is 9.20. The fourth-order valence-electron chi connectivity index (χ4n) is 2.99. The van der Waals surface area contributed by atoms with E-state index in [2.05, 4.69) is 9.88 Å². The molecule has 2 aromatic rings. The summed E-state index contributed by atoms with van der Waals surface area (Å²) in [6.45, 7) is 4.20. The average Bonchev–Trinajstić information content (AvgIpc) is 2.66. The van der Waals surface area contributed by atoms with Crippen molar-refractivity contribution in [2.45, 2.75) is 6.10 Å². The number of nitrogens with zero attached hydrogens (tertiary/aromatic N) is 2. The average molecular weight is 356 g/mol. The first-order chi connectivity index (χ1) is 12.7. The molecular weight excluding hydrogens is 332 g/mol. The first-order valence-corrected chi connectivity index (χ1v) is 8.72.